The molecule has 2 heterocycles. The van der Waals surface area contributed by atoms with Crippen molar-refractivity contribution in [3.8, 4) is 0 Å². The van der Waals surface area contributed by atoms with Gasteiger partial charge in [0, 0.05) is 17.6 Å². The average Bonchev–Trinajstić information content (AvgIpc) is 2.96. The molecule has 0 unspecified atom stereocenters. The van der Waals surface area contributed by atoms with Crippen LogP contribution in [0.1, 0.15) is 54.9 Å². The fraction of sp³-hybridized carbons (Fsp3) is 0.533. The van der Waals surface area contributed by atoms with E-state index in [1.54, 1.807) is 6.20 Å². The Bertz CT molecular complexity index is 653. The molecule has 0 radical (unpaired) electrons. The minimum atomic E-state index is -0.0180. The Labute approximate surface area is 117 Å². The van der Waals surface area contributed by atoms with Crippen LogP contribution in [0.25, 0.3) is 11.0 Å². The summed E-state index contributed by atoms with van der Waals surface area (Å²) in [7, 11) is 0. The summed E-state index contributed by atoms with van der Waals surface area (Å²) >= 11 is 0. The van der Waals surface area contributed by atoms with E-state index in [-0.39, 0.29) is 5.91 Å². The number of nitrogens with zero attached hydrogens (tertiary/aromatic N) is 3. The zero-order chi connectivity index (χ0) is 13.5. The summed E-state index contributed by atoms with van der Waals surface area (Å²) in [6, 6.07) is 2.75. The molecule has 0 aliphatic heterocycles. The predicted molar refractivity (Wildman–Crippen MR) is 75.5 cm³/mol. The second kappa shape index (κ2) is 4.58. The lowest BCUT2D eigenvalue weighted by atomic mass is 10.2. The first-order valence-electron chi connectivity index (χ1n) is 7.45. The highest BCUT2D eigenvalue weighted by Gasteiger charge is 2.24. The van der Waals surface area contributed by atoms with Crippen LogP contribution in [-0.4, -0.2) is 26.7 Å². The molecule has 2 saturated carbocycles. The van der Waals surface area contributed by atoms with Crippen LogP contribution in [0.15, 0.2) is 18.5 Å². The van der Waals surface area contributed by atoms with Crippen LogP contribution in [0.2, 0.25) is 0 Å². The van der Waals surface area contributed by atoms with E-state index in [9.17, 15) is 4.79 Å². The highest BCUT2D eigenvalue weighted by molar-refractivity contribution is 5.97. The third-order valence-electron chi connectivity index (χ3n) is 4.28. The molecule has 0 spiro atoms. The van der Waals surface area contributed by atoms with Gasteiger partial charge in [-0.1, -0.05) is 12.8 Å². The quantitative estimate of drug-likeness (QED) is 0.932. The van der Waals surface area contributed by atoms with E-state index in [0.29, 0.717) is 17.6 Å². The molecule has 2 fully saturated rings. The van der Waals surface area contributed by atoms with E-state index < -0.39 is 0 Å². The third kappa shape index (κ3) is 2.07. The Morgan fingerprint density at radius 3 is 2.75 bits per heavy atom. The van der Waals surface area contributed by atoms with Crippen molar-refractivity contribution in [1.82, 2.24) is 20.1 Å². The molecule has 0 saturated heterocycles. The van der Waals surface area contributed by atoms with E-state index in [1.165, 1.54) is 25.7 Å². The van der Waals surface area contributed by atoms with Gasteiger partial charge in [0.1, 0.15) is 0 Å². The summed E-state index contributed by atoms with van der Waals surface area (Å²) in [5.74, 6) is -0.0180. The summed E-state index contributed by atoms with van der Waals surface area (Å²) in [5.41, 5.74) is 1.54. The summed E-state index contributed by atoms with van der Waals surface area (Å²) in [6.07, 6.45) is 10.6. The van der Waals surface area contributed by atoms with Crippen molar-refractivity contribution in [3.05, 3.63) is 24.0 Å². The Balaban J connectivity index is 1.64. The van der Waals surface area contributed by atoms with Gasteiger partial charge in [-0.25, -0.2) is 9.67 Å². The Morgan fingerprint density at radius 2 is 2.00 bits per heavy atom. The van der Waals surface area contributed by atoms with Crippen molar-refractivity contribution in [2.24, 2.45) is 0 Å². The number of carbonyl (C=O) groups excluding carboxylic acids is 1. The molecule has 5 heteroatoms. The van der Waals surface area contributed by atoms with Crippen molar-refractivity contribution in [2.75, 3.05) is 0 Å². The largest absolute Gasteiger partial charge is 0.349 e. The van der Waals surface area contributed by atoms with E-state index >= 15 is 0 Å². The van der Waals surface area contributed by atoms with Crippen molar-refractivity contribution in [1.29, 1.82) is 0 Å². The van der Waals surface area contributed by atoms with Gasteiger partial charge in [-0.2, -0.15) is 5.10 Å². The molecular formula is C15H18N4O. The van der Waals surface area contributed by atoms with E-state index in [1.807, 2.05) is 16.9 Å². The van der Waals surface area contributed by atoms with Crippen molar-refractivity contribution in [3.63, 3.8) is 0 Å². The van der Waals surface area contributed by atoms with Crippen molar-refractivity contribution >= 4 is 16.9 Å². The molecule has 1 amide bonds. The second-order valence-electron chi connectivity index (χ2n) is 5.91. The predicted octanol–water partition coefficient (Wildman–Crippen LogP) is 2.44. The molecule has 1 N–H and O–H groups in total. The molecule has 2 aromatic rings. The van der Waals surface area contributed by atoms with Crippen LogP contribution in [-0.2, 0) is 0 Å². The van der Waals surface area contributed by atoms with Gasteiger partial charge in [-0.05, 0) is 31.7 Å². The summed E-state index contributed by atoms with van der Waals surface area (Å²) in [6.45, 7) is 0. The van der Waals surface area contributed by atoms with Gasteiger partial charge in [-0.3, -0.25) is 4.79 Å². The number of fused-ring (bicyclic) bond motifs is 1. The number of amides is 1. The highest BCUT2D eigenvalue weighted by Crippen LogP contribution is 2.31. The molecule has 2 aliphatic carbocycles. The van der Waals surface area contributed by atoms with Crippen LogP contribution in [0.3, 0.4) is 0 Å². The van der Waals surface area contributed by atoms with Gasteiger partial charge < -0.3 is 5.32 Å². The maximum absolute atomic E-state index is 12.0. The Morgan fingerprint density at radius 1 is 1.20 bits per heavy atom. The van der Waals surface area contributed by atoms with Crippen LogP contribution in [0.5, 0.6) is 0 Å². The van der Waals surface area contributed by atoms with Gasteiger partial charge in [-0.15, -0.1) is 0 Å². The Kier molecular flexibility index (Phi) is 2.72. The second-order valence-corrected chi connectivity index (χ2v) is 5.91. The zero-order valence-corrected chi connectivity index (χ0v) is 11.4. The number of rotatable bonds is 3. The summed E-state index contributed by atoms with van der Waals surface area (Å²) in [5, 5.41) is 8.42. The topological polar surface area (TPSA) is 59.8 Å². The molecule has 20 heavy (non-hydrogen) atoms. The van der Waals surface area contributed by atoms with Gasteiger partial charge >= 0.3 is 0 Å². The lowest BCUT2D eigenvalue weighted by Gasteiger charge is -2.10. The first-order chi connectivity index (χ1) is 9.81. The smallest absolute Gasteiger partial charge is 0.253 e. The average molecular weight is 270 g/mol. The molecule has 0 aromatic carbocycles. The Hall–Kier alpha value is -1.91. The van der Waals surface area contributed by atoms with Crippen LogP contribution in [0, 0.1) is 0 Å². The molecule has 2 aromatic heterocycles. The molecule has 0 bridgehead atoms. The molecule has 0 atom stereocenters. The standard InChI is InChI=1S/C15H18N4O/c20-15(18-12-5-6-12)11-7-10-9-17-19(14(10)16-8-11)13-3-1-2-4-13/h7-9,12-13H,1-6H2,(H,18,20). The maximum atomic E-state index is 12.0. The summed E-state index contributed by atoms with van der Waals surface area (Å²) in [4.78, 5) is 16.5. The fourth-order valence-electron chi connectivity index (χ4n) is 2.98. The van der Waals surface area contributed by atoms with Gasteiger partial charge in [0.25, 0.3) is 5.91 Å². The first-order valence-corrected chi connectivity index (χ1v) is 7.45. The fourth-order valence-corrected chi connectivity index (χ4v) is 2.98. The molecule has 2 aliphatic rings. The van der Waals surface area contributed by atoms with E-state index in [2.05, 4.69) is 15.4 Å². The number of hydrogen-bond donors (Lipinski definition) is 1. The number of pyridine rings is 1. The molecule has 4 rings (SSSR count). The van der Waals surface area contributed by atoms with Crippen LogP contribution < -0.4 is 5.32 Å². The monoisotopic (exact) mass is 270 g/mol. The lowest BCUT2D eigenvalue weighted by molar-refractivity contribution is 0.0951. The third-order valence-corrected chi connectivity index (χ3v) is 4.28. The van der Waals surface area contributed by atoms with Gasteiger partial charge in [0.05, 0.1) is 17.8 Å². The molecular weight excluding hydrogens is 252 g/mol. The number of carbonyl (C=O) groups is 1. The minimum absolute atomic E-state index is 0.0180. The highest BCUT2D eigenvalue weighted by atomic mass is 16.1. The SMILES string of the molecule is O=C(NC1CC1)c1cnc2c(cnn2C2CCCC2)c1. The van der Waals surface area contributed by atoms with Crippen LogP contribution in [0.4, 0.5) is 0 Å². The van der Waals surface area contributed by atoms with Crippen LogP contribution >= 0.6 is 0 Å². The maximum Gasteiger partial charge on any atom is 0.253 e. The number of hydrogen-bond acceptors (Lipinski definition) is 3. The van der Waals surface area contributed by atoms with Crippen molar-refractivity contribution in [2.45, 2.75) is 50.6 Å². The van der Waals surface area contributed by atoms with Crippen molar-refractivity contribution < 1.29 is 4.79 Å². The number of nitrogens with one attached hydrogen (secondary N) is 1. The van der Waals surface area contributed by atoms with E-state index in [0.717, 1.165) is 23.9 Å². The first kappa shape index (κ1) is 11.9. The minimum Gasteiger partial charge on any atom is -0.349 e. The summed E-state index contributed by atoms with van der Waals surface area (Å²) < 4.78 is 2.03. The van der Waals surface area contributed by atoms with E-state index in [4.69, 9.17) is 0 Å². The molecule has 5 nitrogen and oxygen atoms in total. The normalized spacial score (nSPS) is 19.6. The molecule has 104 valence electrons. The van der Waals surface area contributed by atoms with Gasteiger partial charge in [0.2, 0.25) is 0 Å². The lowest BCUT2D eigenvalue weighted by Crippen LogP contribution is -2.25. The van der Waals surface area contributed by atoms with Gasteiger partial charge in [0.15, 0.2) is 5.65 Å². The number of aromatic nitrogens is 3. The zero-order valence-electron chi connectivity index (χ0n) is 11.4.